The Morgan fingerprint density at radius 2 is 1.67 bits per heavy atom. The van der Waals surface area contributed by atoms with Gasteiger partial charge in [-0.25, -0.2) is 8.42 Å². The van der Waals surface area contributed by atoms with Crippen molar-refractivity contribution in [2.45, 2.75) is 31.7 Å². The Morgan fingerprint density at radius 1 is 1.00 bits per heavy atom. The van der Waals surface area contributed by atoms with Gasteiger partial charge >= 0.3 is 0 Å². The average molecular weight is 303 g/mol. The lowest BCUT2D eigenvalue weighted by molar-refractivity contribution is 0.588. The number of sulfone groups is 1. The Hall–Kier alpha value is -1.65. The SMILES string of the molecule is Cc1cccc(S(=O)(=O)CC(N)c2ccc(C)cc2C)c1. The number of benzene rings is 2. The van der Waals surface area contributed by atoms with Gasteiger partial charge in [0.1, 0.15) is 0 Å². The fourth-order valence-electron chi connectivity index (χ4n) is 2.47. The maximum absolute atomic E-state index is 12.5. The second-order valence-electron chi connectivity index (χ2n) is 5.56. The van der Waals surface area contributed by atoms with E-state index in [1.54, 1.807) is 18.2 Å². The molecular weight excluding hydrogens is 282 g/mol. The minimum atomic E-state index is -3.38. The molecular formula is C17H21NO2S. The molecule has 0 heterocycles. The van der Waals surface area contributed by atoms with E-state index in [1.165, 1.54) is 0 Å². The lowest BCUT2D eigenvalue weighted by atomic mass is 10.0. The highest BCUT2D eigenvalue weighted by Crippen LogP contribution is 2.22. The van der Waals surface area contributed by atoms with E-state index in [-0.39, 0.29) is 5.75 Å². The van der Waals surface area contributed by atoms with Gasteiger partial charge in [-0.3, -0.25) is 0 Å². The molecule has 112 valence electrons. The van der Waals surface area contributed by atoms with Crippen molar-refractivity contribution in [3.05, 3.63) is 64.7 Å². The number of hydrogen-bond acceptors (Lipinski definition) is 3. The Labute approximate surface area is 126 Å². The van der Waals surface area contributed by atoms with Crippen LogP contribution in [0.4, 0.5) is 0 Å². The smallest absolute Gasteiger partial charge is 0.180 e. The van der Waals surface area contributed by atoms with Crippen molar-refractivity contribution in [3.63, 3.8) is 0 Å². The van der Waals surface area contributed by atoms with Gasteiger partial charge in [0.2, 0.25) is 0 Å². The zero-order valence-electron chi connectivity index (χ0n) is 12.6. The van der Waals surface area contributed by atoms with Crippen LogP contribution < -0.4 is 5.73 Å². The van der Waals surface area contributed by atoms with Crippen LogP contribution in [0.25, 0.3) is 0 Å². The molecule has 0 aliphatic rings. The summed E-state index contributed by atoms with van der Waals surface area (Å²) in [4.78, 5) is 0.336. The van der Waals surface area contributed by atoms with E-state index in [2.05, 4.69) is 0 Å². The third-order valence-electron chi connectivity index (χ3n) is 3.57. The van der Waals surface area contributed by atoms with Crippen LogP contribution >= 0.6 is 0 Å². The highest BCUT2D eigenvalue weighted by Gasteiger charge is 2.21. The van der Waals surface area contributed by atoms with Crippen molar-refractivity contribution in [2.75, 3.05) is 5.75 Å². The van der Waals surface area contributed by atoms with Crippen LogP contribution in [-0.4, -0.2) is 14.2 Å². The van der Waals surface area contributed by atoms with Gasteiger partial charge in [-0.1, -0.05) is 35.9 Å². The molecule has 2 rings (SSSR count). The quantitative estimate of drug-likeness (QED) is 0.944. The molecule has 0 saturated carbocycles. The summed E-state index contributed by atoms with van der Waals surface area (Å²) < 4.78 is 24.9. The predicted octanol–water partition coefficient (Wildman–Crippen LogP) is 3.09. The second-order valence-corrected chi connectivity index (χ2v) is 7.60. The fraction of sp³-hybridized carbons (Fsp3) is 0.294. The van der Waals surface area contributed by atoms with Gasteiger partial charge in [0.15, 0.2) is 9.84 Å². The number of nitrogens with two attached hydrogens (primary N) is 1. The van der Waals surface area contributed by atoms with Crippen LogP contribution in [0, 0.1) is 20.8 Å². The summed E-state index contributed by atoms with van der Waals surface area (Å²) in [6, 6.07) is 12.3. The Kier molecular flexibility index (Phi) is 4.49. The minimum Gasteiger partial charge on any atom is -0.323 e. The fourth-order valence-corrected chi connectivity index (χ4v) is 3.97. The number of rotatable bonds is 4. The van der Waals surface area contributed by atoms with Crippen molar-refractivity contribution in [3.8, 4) is 0 Å². The van der Waals surface area contributed by atoms with Gasteiger partial charge in [-0.15, -0.1) is 0 Å². The van der Waals surface area contributed by atoms with E-state index >= 15 is 0 Å². The average Bonchev–Trinajstić information content (AvgIpc) is 2.37. The maximum Gasteiger partial charge on any atom is 0.180 e. The summed E-state index contributed by atoms with van der Waals surface area (Å²) in [6.07, 6.45) is 0. The molecule has 1 atom stereocenters. The lowest BCUT2D eigenvalue weighted by Gasteiger charge is -2.16. The van der Waals surface area contributed by atoms with E-state index in [9.17, 15) is 8.42 Å². The molecule has 2 N–H and O–H groups in total. The number of aryl methyl sites for hydroxylation is 3. The van der Waals surface area contributed by atoms with E-state index < -0.39 is 15.9 Å². The molecule has 2 aromatic rings. The molecule has 4 heteroatoms. The summed E-state index contributed by atoms with van der Waals surface area (Å²) in [5, 5.41) is 0. The molecule has 0 spiro atoms. The van der Waals surface area contributed by atoms with Crippen molar-refractivity contribution >= 4 is 9.84 Å². The Balaban J connectivity index is 2.28. The van der Waals surface area contributed by atoms with Crippen LogP contribution in [-0.2, 0) is 9.84 Å². The normalized spacial score (nSPS) is 13.1. The summed E-state index contributed by atoms with van der Waals surface area (Å²) in [6.45, 7) is 5.84. The highest BCUT2D eigenvalue weighted by molar-refractivity contribution is 7.91. The first-order valence-electron chi connectivity index (χ1n) is 6.92. The van der Waals surface area contributed by atoms with Gasteiger partial charge in [0.05, 0.1) is 10.6 Å². The molecule has 0 aliphatic heterocycles. The van der Waals surface area contributed by atoms with Crippen molar-refractivity contribution in [1.82, 2.24) is 0 Å². The van der Waals surface area contributed by atoms with E-state index in [0.29, 0.717) is 4.90 Å². The van der Waals surface area contributed by atoms with Gasteiger partial charge < -0.3 is 5.73 Å². The first-order chi connectivity index (χ1) is 9.79. The predicted molar refractivity (Wildman–Crippen MR) is 86.1 cm³/mol. The van der Waals surface area contributed by atoms with Crippen molar-refractivity contribution in [1.29, 1.82) is 0 Å². The molecule has 0 fully saturated rings. The molecule has 21 heavy (non-hydrogen) atoms. The minimum absolute atomic E-state index is 0.0830. The van der Waals surface area contributed by atoms with Crippen LogP contribution in [0.3, 0.4) is 0 Å². The summed E-state index contributed by atoms with van der Waals surface area (Å²) in [7, 11) is -3.38. The Morgan fingerprint density at radius 3 is 2.29 bits per heavy atom. The van der Waals surface area contributed by atoms with Crippen LogP contribution in [0.5, 0.6) is 0 Å². The molecule has 0 radical (unpaired) electrons. The lowest BCUT2D eigenvalue weighted by Crippen LogP contribution is -2.22. The van der Waals surface area contributed by atoms with Gasteiger partial charge in [-0.05, 0) is 49.6 Å². The third-order valence-corrected chi connectivity index (χ3v) is 5.34. The van der Waals surface area contributed by atoms with Crippen LogP contribution in [0.2, 0.25) is 0 Å². The largest absolute Gasteiger partial charge is 0.323 e. The molecule has 0 amide bonds. The van der Waals surface area contributed by atoms with Crippen molar-refractivity contribution < 1.29 is 8.42 Å². The highest BCUT2D eigenvalue weighted by atomic mass is 32.2. The summed E-state index contributed by atoms with van der Waals surface area (Å²) in [5.41, 5.74) is 10.1. The second kappa shape index (κ2) is 6.00. The first-order valence-corrected chi connectivity index (χ1v) is 8.57. The molecule has 0 saturated heterocycles. The molecule has 2 aromatic carbocycles. The van der Waals surface area contributed by atoms with E-state index in [1.807, 2.05) is 45.0 Å². The van der Waals surface area contributed by atoms with Gasteiger partial charge in [0.25, 0.3) is 0 Å². The van der Waals surface area contributed by atoms with Crippen LogP contribution in [0.15, 0.2) is 47.4 Å². The van der Waals surface area contributed by atoms with Crippen LogP contribution in [0.1, 0.15) is 28.3 Å². The standard InChI is InChI=1S/C17H21NO2S/c1-12-5-4-6-15(10-12)21(19,20)11-17(18)16-8-7-13(2)9-14(16)3/h4-10,17H,11,18H2,1-3H3. The van der Waals surface area contributed by atoms with Gasteiger partial charge in [-0.2, -0.15) is 0 Å². The third kappa shape index (κ3) is 3.71. The topological polar surface area (TPSA) is 60.2 Å². The monoisotopic (exact) mass is 303 g/mol. The molecule has 0 bridgehead atoms. The molecule has 1 unspecified atom stereocenters. The van der Waals surface area contributed by atoms with E-state index in [4.69, 9.17) is 5.73 Å². The first kappa shape index (κ1) is 15.7. The molecule has 0 aliphatic carbocycles. The molecule has 0 aromatic heterocycles. The zero-order chi connectivity index (χ0) is 15.6. The molecule has 3 nitrogen and oxygen atoms in total. The summed E-state index contributed by atoms with van der Waals surface area (Å²) in [5.74, 6) is -0.0830. The van der Waals surface area contributed by atoms with Crippen molar-refractivity contribution in [2.24, 2.45) is 5.73 Å². The number of hydrogen-bond donors (Lipinski definition) is 1. The summed E-state index contributed by atoms with van der Waals surface area (Å²) >= 11 is 0. The van der Waals surface area contributed by atoms with Gasteiger partial charge in [0, 0.05) is 6.04 Å². The maximum atomic E-state index is 12.5. The van der Waals surface area contributed by atoms with E-state index in [0.717, 1.165) is 22.3 Å². The zero-order valence-corrected chi connectivity index (χ0v) is 13.4. The Bertz CT molecular complexity index is 751.